The molecule has 25 heavy (non-hydrogen) atoms. The second kappa shape index (κ2) is 6.79. The number of aliphatic hydroxyl groups is 1. The van der Waals surface area contributed by atoms with E-state index in [1.807, 2.05) is 24.3 Å². The Balaban J connectivity index is 1.62. The van der Waals surface area contributed by atoms with Gasteiger partial charge in [-0.2, -0.15) is 0 Å². The second-order valence-electron chi connectivity index (χ2n) is 7.88. The largest absolute Gasteiger partial charge is 0.396 e. The lowest BCUT2D eigenvalue weighted by Crippen LogP contribution is -2.34. The smallest absolute Gasteiger partial charge is 0.172 e. The molecule has 0 amide bonds. The molecule has 4 rings (SSSR count). The molecular formula is C20H28N4O. The molecule has 0 radical (unpaired) electrons. The number of benzene rings is 1. The Morgan fingerprint density at radius 2 is 1.84 bits per heavy atom. The van der Waals surface area contributed by atoms with E-state index in [1.54, 1.807) is 0 Å². The lowest BCUT2D eigenvalue weighted by molar-refractivity contribution is 0.253. The van der Waals surface area contributed by atoms with Crippen molar-refractivity contribution < 1.29 is 5.11 Å². The molecule has 2 aromatic rings. The Kier molecular flexibility index (Phi) is 4.50. The molecule has 0 spiro atoms. The summed E-state index contributed by atoms with van der Waals surface area (Å²) in [5.74, 6) is 2.68. The number of nitrogens with one attached hydrogen (secondary N) is 1. The van der Waals surface area contributed by atoms with Gasteiger partial charge in [0.2, 0.25) is 0 Å². The van der Waals surface area contributed by atoms with Crippen LogP contribution in [0.3, 0.4) is 0 Å². The molecule has 1 aliphatic heterocycles. The molecule has 5 nitrogen and oxygen atoms in total. The summed E-state index contributed by atoms with van der Waals surface area (Å²) in [5, 5.41) is 12.9. The minimum atomic E-state index is 0.260. The van der Waals surface area contributed by atoms with E-state index in [1.165, 1.54) is 25.7 Å². The molecule has 2 heterocycles. The number of aromatic nitrogens is 2. The predicted molar refractivity (Wildman–Crippen MR) is 102 cm³/mol. The minimum Gasteiger partial charge on any atom is -0.396 e. The van der Waals surface area contributed by atoms with E-state index in [4.69, 9.17) is 9.97 Å². The number of hydrogen-bond donors (Lipinski definition) is 2. The molecule has 2 fully saturated rings. The normalized spacial score (nSPS) is 20.0. The summed E-state index contributed by atoms with van der Waals surface area (Å²) in [4.78, 5) is 12.2. The summed E-state index contributed by atoms with van der Waals surface area (Å²) in [6.45, 7) is 5.56. The average molecular weight is 340 g/mol. The molecule has 1 aromatic heterocycles. The highest BCUT2D eigenvalue weighted by atomic mass is 16.3. The number of fused-ring (bicyclic) bond motifs is 1. The van der Waals surface area contributed by atoms with Crippen molar-refractivity contribution in [2.75, 3.05) is 36.5 Å². The van der Waals surface area contributed by atoms with Gasteiger partial charge in [0.05, 0.1) is 11.0 Å². The number of hydrogen-bond acceptors (Lipinski definition) is 5. The minimum absolute atomic E-state index is 0.260. The van der Waals surface area contributed by atoms with E-state index in [9.17, 15) is 5.11 Å². The van der Waals surface area contributed by atoms with Gasteiger partial charge in [-0.1, -0.05) is 19.1 Å². The van der Waals surface area contributed by atoms with Gasteiger partial charge in [0.15, 0.2) is 11.6 Å². The second-order valence-corrected chi connectivity index (χ2v) is 7.88. The van der Waals surface area contributed by atoms with Crippen LogP contribution < -0.4 is 10.2 Å². The lowest BCUT2D eigenvalue weighted by Gasteiger charge is -2.32. The van der Waals surface area contributed by atoms with Crippen molar-refractivity contribution in [2.24, 2.45) is 11.3 Å². The highest BCUT2D eigenvalue weighted by molar-refractivity contribution is 5.80. The number of rotatable bonds is 6. The fraction of sp³-hybridized carbons (Fsp3) is 0.600. The van der Waals surface area contributed by atoms with Crippen LogP contribution in [0.1, 0.15) is 39.0 Å². The van der Waals surface area contributed by atoms with E-state index >= 15 is 0 Å². The number of nitrogens with zero attached hydrogens (tertiary/aromatic N) is 3. The Morgan fingerprint density at radius 3 is 2.48 bits per heavy atom. The molecule has 0 unspecified atom stereocenters. The highest BCUT2D eigenvalue weighted by Gasteiger charge is 2.41. The third kappa shape index (κ3) is 3.56. The summed E-state index contributed by atoms with van der Waals surface area (Å²) in [7, 11) is 0. The highest BCUT2D eigenvalue weighted by Crippen LogP contribution is 2.48. The molecule has 1 saturated carbocycles. The monoisotopic (exact) mass is 340 g/mol. The Hall–Kier alpha value is -1.88. The maximum Gasteiger partial charge on any atom is 0.172 e. The predicted octanol–water partition coefficient (Wildman–Crippen LogP) is 3.44. The summed E-state index contributed by atoms with van der Waals surface area (Å²) in [5.41, 5.74) is 2.15. The molecule has 0 bridgehead atoms. The van der Waals surface area contributed by atoms with E-state index in [2.05, 4.69) is 17.1 Å². The van der Waals surface area contributed by atoms with E-state index in [0.29, 0.717) is 0 Å². The van der Waals surface area contributed by atoms with Gasteiger partial charge in [-0.15, -0.1) is 0 Å². The molecule has 2 aliphatic rings. The number of aliphatic hydroxyl groups excluding tert-OH is 1. The number of para-hydroxylation sites is 2. The molecule has 134 valence electrons. The zero-order chi connectivity index (χ0) is 17.3. The lowest BCUT2D eigenvalue weighted by atomic mass is 9.99. The number of piperidine rings is 1. The summed E-state index contributed by atoms with van der Waals surface area (Å²) in [6, 6.07) is 8.09. The maximum atomic E-state index is 9.30. The first-order chi connectivity index (χ1) is 12.2. The zero-order valence-corrected chi connectivity index (χ0v) is 15.0. The van der Waals surface area contributed by atoms with Crippen molar-refractivity contribution in [1.82, 2.24) is 9.97 Å². The van der Waals surface area contributed by atoms with Gasteiger partial charge in [0.25, 0.3) is 0 Å². The third-order valence-electron chi connectivity index (χ3n) is 5.87. The van der Waals surface area contributed by atoms with Crippen LogP contribution in [0.2, 0.25) is 0 Å². The summed E-state index contributed by atoms with van der Waals surface area (Å²) >= 11 is 0. The van der Waals surface area contributed by atoms with Gasteiger partial charge in [-0.25, -0.2) is 9.97 Å². The fourth-order valence-corrected chi connectivity index (χ4v) is 3.75. The van der Waals surface area contributed by atoms with Crippen LogP contribution in [0.15, 0.2) is 24.3 Å². The van der Waals surface area contributed by atoms with E-state index in [0.717, 1.165) is 54.6 Å². The molecular weight excluding hydrogens is 312 g/mol. The van der Waals surface area contributed by atoms with Crippen molar-refractivity contribution in [3.8, 4) is 0 Å². The number of anilines is 2. The van der Waals surface area contributed by atoms with Crippen LogP contribution >= 0.6 is 0 Å². The first-order valence-corrected chi connectivity index (χ1v) is 9.56. The van der Waals surface area contributed by atoms with Crippen molar-refractivity contribution in [3.05, 3.63) is 24.3 Å². The fourth-order valence-electron chi connectivity index (χ4n) is 3.75. The zero-order valence-electron chi connectivity index (χ0n) is 15.0. The standard InChI is InChI=1S/C20H28N4O/c1-15-6-11-24(12-7-15)19-18(21-14-20(8-9-20)10-13-25)22-16-4-2-3-5-17(16)23-19/h2-5,15,25H,6-14H2,1H3,(H,21,22). The third-order valence-corrected chi connectivity index (χ3v) is 5.87. The van der Waals surface area contributed by atoms with Crippen molar-refractivity contribution in [3.63, 3.8) is 0 Å². The van der Waals surface area contributed by atoms with Crippen LogP contribution in [0.5, 0.6) is 0 Å². The van der Waals surface area contributed by atoms with Gasteiger partial charge in [0.1, 0.15) is 0 Å². The Bertz CT molecular complexity index is 736. The molecule has 5 heteroatoms. The molecule has 0 atom stereocenters. The maximum absolute atomic E-state index is 9.30. The van der Waals surface area contributed by atoms with Crippen LogP contribution in [0.4, 0.5) is 11.6 Å². The molecule has 1 aliphatic carbocycles. The summed E-state index contributed by atoms with van der Waals surface area (Å²) in [6.07, 6.45) is 5.68. The van der Waals surface area contributed by atoms with Gasteiger partial charge >= 0.3 is 0 Å². The molecule has 2 N–H and O–H groups in total. The first-order valence-electron chi connectivity index (χ1n) is 9.56. The Morgan fingerprint density at radius 1 is 1.16 bits per heavy atom. The van der Waals surface area contributed by atoms with E-state index in [-0.39, 0.29) is 12.0 Å². The quantitative estimate of drug-likeness (QED) is 0.843. The van der Waals surface area contributed by atoms with Crippen LogP contribution in [0.25, 0.3) is 11.0 Å². The van der Waals surface area contributed by atoms with Crippen molar-refractivity contribution >= 4 is 22.7 Å². The topological polar surface area (TPSA) is 61.3 Å². The average Bonchev–Trinajstić information content (AvgIpc) is 3.40. The van der Waals surface area contributed by atoms with Crippen LogP contribution in [0, 0.1) is 11.3 Å². The molecule has 1 aromatic carbocycles. The van der Waals surface area contributed by atoms with Gasteiger partial charge in [0, 0.05) is 26.2 Å². The van der Waals surface area contributed by atoms with Crippen molar-refractivity contribution in [1.29, 1.82) is 0 Å². The summed E-state index contributed by atoms with van der Waals surface area (Å²) < 4.78 is 0. The molecule has 1 saturated heterocycles. The van der Waals surface area contributed by atoms with Crippen LogP contribution in [-0.2, 0) is 0 Å². The van der Waals surface area contributed by atoms with Crippen LogP contribution in [-0.4, -0.2) is 41.3 Å². The van der Waals surface area contributed by atoms with Gasteiger partial charge in [-0.05, 0) is 55.6 Å². The Labute approximate surface area is 149 Å². The van der Waals surface area contributed by atoms with Gasteiger partial charge < -0.3 is 15.3 Å². The van der Waals surface area contributed by atoms with E-state index < -0.39 is 0 Å². The SMILES string of the molecule is CC1CCN(c2nc3ccccc3nc2NCC2(CCO)CC2)CC1. The van der Waals surface area contributed by atoms with Crippen molar-refractivity contribution in [2.45, 2.75) is 39.0 Å². The first kappa shape index (κ1) is 16.6. The van der Waals surface area contributed by atoms with Gasteiger partial charge in [-0.3, -0.25) is 0 Å².